The van der Waals surface area contributed by atoms with Gasteiger partial charge in [0.1, 0.15) is 44.0 Å². The van der Waals surface area contributed by atoms with Gasteiger partial charge in [-0.05, 0) is 45.8 Å². The molecule has 0 aliphatic rings. The molecule has 8 aromatic carbocycles. The molecule has 0 aliphatic carbocycles. The summed E-state index contributed by atoms with van der Waals surface area (Å²) in [6.07, 6.45) is 0. The van der Waals surface area contributed by atoms with Crippen molar-refractivity contribution in [2.45, 2.75) is 9.79 Å². The fourth-order valence-electron chi connectivity index (χ4n) is 6.07. The van der Waals surface area contributed by atoms with Crippen LogP contribution in [-0.2, 0) is 20.2 Å². The Morgan fingerprint density at radius 2 is 0.655 bits per heavy atom. The molecule has 2 radical (unpaired) electrons. The van der Waals surface area contributed by atoms with Crippen molar-refractivity contribution < 1.29 is 36.2 Å². The van der Waals surface area contributed by atoms with E-state index in [1.807, 2.05) is 24.3 Å². The van der Waals surface area contributed by atoms with Crippen molar-refractivity contribution in [3.05, 3.63) is 146 Å². The largest absolute Gasteiger partial charge is 0.506 e. The molecule has 12 nitrogen and oxygen atoms in total. The minimum absolute atomic E-state index is 0. The zero-order valence-corrected chi connectivity index (χ0v) is 32.4. The molecule has 4 N–H and O–H groups in total. The van der Waals surface area contributed by atoms with Gasteiger partial charge in [-0.1, -0.05) is 121 Å². The summed E-state index contributed by atoms with van der Waals surface area (Å²) in [5.41, 5.74) is 0.428. The van der Waals surface area contributed by atoms with E-state index in [2.05, 4.69) is 20.5 Å². The maximum absolute atomic E-state index is 12.0. The van der Waals surface area contributed by atoms with E-state index >= 15 is 0 Å². The topological polar surface area (TPSA) is 199 Å². The Bertz CT molecular complexity index is 2840. The van der Waals surface area contributed by atoms with Crippen LogP contribution in [0.3, 0.4) is 0 Å². The van der Waals surface area contributed by atoms with Gasteiger partial charge in [0.2, 0.25) is 0 Å². The fourth-order valence-corrected chi connectivity index (χ4v) is 7.74. The average molecular weight is 797 g/mol. The van der Waals surface area contributed by atoms with E-state index in [1.165, 1.54) is 24.3 Å². The van der Waals surface area contributed by atoms with Crippen molar-refractivity contribution >= 4 is 124 Å². The molecule has 0 bridgehead atoms. The Kier molecular flexibility index (Phi) is 11.6. The van der Waals surface area contributed by atoms with Gasteiger partial charge >= 0.3 is 0 Å². The van der Waals surface area contributed by atoms with E-state index < -0.39 is 20.2 Å². The zero-order chi connectivity index (χ0) is 38.0. The minimum atomic E-state index is -4.53. The van der Waals surface area contributed by atoms with Crippen LogP contribution in [0.1, 0.15) is 0 Å². The standard InChI is InChI=1S/2C20H14N2O4S.Ca/c2*23-18-12-10-13-5-1-3-7-15(13)19(18)22-21-17-11-9-14-6-2-4-8-16(14)20(17)27(24,25)26;/h2*1-12,23H,(H,24,25,26);. The fraction of sp³-hybridized carbons (Fsp3) is 0. The Balaban J connectivity index is 0.000000184. The average Bonchev–Trinajstić information content (AvgIpc) is 3.16. The third-order valence-corrected chi connectivity index (χ3v) is 10.4. The molecule has 0 fully saturated rings. The molecule has 0 unspecified atom stereocenters. The molecule has 0 atom stereocenters. The predicted octanol–water partition coefficient (Wildman–Crippen LogP) is 10.3. The Hall–Kier alpha value is -5.32. The first-order valence-corrected chi connectivity index (χ1v) is 19.0. The predicted molar refractivity (Wildman–Crippen MR) is 213 cm³/mol. The number of hydrogen-bond acceptors (Lipinski definition) is 10. The molecule has 0 heterocycles. The maximum Gasteiger partial charge on any atom is 0.297 e. The van der Waals surface area contributed by atoms with Crippen molar-refractivity contribution in [3.63, 3.8) is 0 Å². The van der Waals surface area contributed by atoms with E-state index in [1.54, 1.807) is 97.1 Å². The van der Waals surface area contributed by atoms with Gasteiger partial charge in [0, 0.05) is 59.3 Å². The van der Waals surface area contributed by atoms with E-state index in [0.717, 1.165) is 10.8 Å². The second-order valence-electron chi connectivity index (χ2n) is 11.9. The van der Waals surface area contributed by atoms with Gasteiger partial charge in [-0.3, -0.25) is 9.11 Å². The number of azo groups is 2. The van der Waals surface area contributed by atoms with E-state index in [-0.39, 0.29) is 81.8 Å². The van der Waals surface area contributed by atoms with Crippen LogP contribution in [0.15, 0.2) is 176 Å². The third kappa shape index (κ3) is 8.35. The van der Waals surface area contributed by atoms with E-state index in [0.29, 0.717) is 32.3 Å². The first-order chi connectivity index (χ1) is 25.9. The summed E-state index contributed by atoms with van der Waals surface area (Å²) in [5, 5.41) is 41.6. The monoisotopic (exact) mass is 796 g/mol. The number of phenolic OH excluding ortho intramolecular Hbond substituents is 2. The first-order valence-electron chi connectivity index (χ1n) is 16.1. The molecule has 0 spiro atoms. The molecule has 55 heavy (non-hydrogen) atoms. The Morgan fingerprint density at radius 1 is 0.364 bits per heavy atom. The molecule has 0 aliphatic heterocycles. The van der Waals surface area contributed by atoms with E-state index in [9.17, 15) is 36.2 Å². The van der Waals surface area contributed by atoms with Crippen LogP contribution in [0.2, 0.25) is 0 Å². The third-order valence-electron chi connectivity index (χ3n) is 8.51. The van der Waals surface area contributed by atoms with Gasteiger partial charge < -0.3 is 10.2 Å². The van der Waals surface area contributed by atoms with Crippen LogP contribution < -0.4 is 0 Å². The SMILES string of the molecule is O=S(=O)(O)c1c(N=Nc2c(O)ccc3ccccc23)ccc2ccccc12.O=S(=O)(O)c1c(N=Nc2c(O)ccc3ccccc23)ccc2ccccc12.[Ca]. The molecule has 270 valence electrons. The van der Waals surface area contributed by atoms with Gasteiger partial charge in [0.05, 0.1) is 0 Å². The molecule has 0 amide bonds. The molecule has 8 rings (SSSR count). The number of phenols is 2. The second-order valence-corrected chi connectivity index (χ2v) is 14.6. The number of hydrogen-bond donors (Lipinski definition) is 4. The van der Waals surface area contributed by atoms with Crippen molar-refractivity contribution in [2.24, 2.45) is 20.5 Å². The van der Waals surface area contributed by atoms with Crippen LogP contribution in [0, 0.1) is 0 Å². The first kappa shape index (κ1) is 39.4. The number of benzene rings is 8. The Labute approximate surface area is 344 Å². The molecule has 15 heteroatoms. The molecular weight excluding hydrogens is 769 g/mol. The minimum Gasteiger partial charge on any atom is -0.506 e. The van der Waals surface area contributed by atoms with E-state index in [4.69, 9.17) is 0 Å². The van der Waals surface area contributed by atoms with Crippen LogP contribution >= 0.6 is 0 Å². The number of fused-ring (bicyclic) bond motifs is 4. The summed E-state index contributed by atoms with van der Waals surface area (Å²) in [4.78, 5) is -0.631. The van der Waals surface area contributed by atoms with Gasteiger partial charge in [0.25, 0.3) is 20.2 Å². The number of rotatable bonds is 6. The molecular formula is C40H28CaN4O8S2. The second kappa shape index (κ2) is 16.2. The summed E-state index contributed by atoms with van der Waals surface area (Å²) < 4.78 is 67.3. The van der Waals surface area contributed by atoms with Gasteiger partial charge in [-0.2, -0.15) is 16.8 Å². The molecule has 0 aromatic heterocycles. The van der Waals surface area contributed by atoms with Crippen LogP contribution in [0.5, 0.6) is 11.5 Å². The van der Waals surface area contributed by atoms with Gasteiger partial charge in [0.15, 0.2) is 0 Å². The molecule has 8 aromatic rings. The van der Waals surface area contributed by atoms with Gasteiger partial charge in [-0.25, -0.2) is 0 Å². The normalized spacial score (nSPS) is 12.0. The van der Waals surface area contributed by atoms with Crippen molar-refractivity contribution in [1.29, 1.82) is 0 Å². The van der Waals surface area contributed by atoms with Crippen LogP contribution in [-0.4, -0.2) is 73.9 Å². The van der Waals surface area contributed by atoms with Gasteiger partial charge in [-0.15, -0.1) is 20.5 Å². The van der Waals surface area contributed by atoms with Crippen molar-refractivity contribution in [2.75, 3.05) is 0 Å². The quantitative estimate of drug-likeness (QED) is 0.0723. The molecule has 0 saturated carbocycles. The summed E-state index contributed by atoms with van der Waals surface area (Å²) in [6.45, 7) is 0. The summed E-state index contributed by atoms with van der Waals surface area (Å²) in [7, 11) is -9.07. The van der Waals surface area contributed by atoms with Crippen LogP contribution in [0.4, 0.5) is 22.7 Å². The summed E-state index contributed by atoms with van der Waals surface area (Å²) in [5.74, 6) is -0.154. The smallest absolute Gasteiger partial charge is 0.297 e. The number of aromatic hydroxyl groups is 2. The zero-order valence-electron chi connectivity index (χ0n) is 28.6. The molecule has 0 saturated heterocycles. The van der Waals surface area contributed by atoms with Crippen LogP contribution in [0.25, 0.3) is 43.1 Å². The summed E-state index contributed by atoms with van der Waals surface area (Å²) in [6, 6.07) is 41.0. The summed E-state index contributed by atoms with van der Waals surface area (Å²) >= 11 is 0. The Morgan fingerprint density at radius 3 is 1.00 bits per heavy atom. The van der Waals surface area contributed by atoms with Crippen molar-refractivity contribution in [3.8, 4) is 11.5 Å². The number of nitrogens with zero attached hydrogens (tertiary/aromatic N) is 4. The maximum atomic E-state index is 12.0. The van der Waals surface area contributed by atoms with Crippen molar-refractivity contribution in [1.82, 2.24) is 0 Å².